The highest BCUT2D eigenvalue weighted by Crippen LogP contribution is 2.14. The van der Waals surface area contributed by atoms with Crippen LogP contribution in [0.15, 0.2) is 34.7 Å². The van der Waals surface area contributed by atoms with Crippen LogP contribution in [0.2, 0.25) is 0 Å². The van der Waals surface area contributed by atoms with E-state index in [0.717, 1.165) is 0 Å². The molecule has 1 aromatic heterocycles. The van der Waals surface area contributed by atoms with Crippen molar-refractivity contribution in [3.63, 3.8) is 0 Å². The lowest BCUT2D eigenvalue weighted by Gasteiger charge is -2.06. The zero-order valence-electron chi connectivity index (χ0n) is 13.2. The fourth-order valence-corrected chi connectivity index (χ4v) is 2.07. The van der Waals surface area contributed by atoms with Crippen LogP contribution < -0.4 is 10.1 Å². The van der Waals surface area contributed by atoms with Crippen LogP contribution in [0.4, 0.5) is 4.39 Å². The topological polar surface area (TPSA) is 88.8 Å². The first-order chi connectivity index (χ1) is 11.5. The third-order valence-electron chi connectivity index (χ3n) is 3.29. The maximum atomic E-state index is 12.7. The predicted octanol–water partition coefficient (Wildman–Crippen LogP) is 2.90. The van der Waals surface area contributed by atoms with E-state index in [1.165, 1.54) is 30.3 Å². The number of carboxylic acids is 1. The Labute approximate surface area is 138 Å². The van der Waals surface area contributed by atoms with Crippen molar-refractivity contribution in [2.75, 3.05) is 6.61 Å². The van der Waals surface area contributed by atoms with E-state index < -0.39 is 5.97 Å². The van der Waals surface area contributed by atoms with Gasteiger partial charge in [-0.2, -0.15) is 0 Å². The number of carbonyl (C=O) groups is 2. The molecular weight excluding hydrogens is 317 g/mol. The van der Waals surface area contributed by atoms with Crippen molar-refractivity contribution in [3.8, 4) is 5.75 Å². The number of carboxylic acid groups (broad SMARTS) is 1. The normalized spacial score (nSPS) is 10.4. The smallest absolute Gasteiger partial charge is 0.339 e. The van der Waals surface area contributed by atoms with Gasteiger partial charge in [0.1, 0.15) is 28.7 Å². The van der Waals surface area contributed by atoms with Crippen molar-refractivity contribution in [1.82, 2.24) is 5.32 Å². The van der Waals surface area contributed by atoms with Gasteiger partial charge < -0.3 is 19.6 Å². The number of aryl methyl sites for hydroxylation is 1. The Morgan fingerprint density at radius 2 is 2.00 bits per heavy atom. The first kappa shape index (κ1) is 17.5. The number of furan rings is 1. The summed E-state index contributed by atoms with van der Waals surface area (Å²) in [7, 11) is 0. The molecule has 0 spiro atoms. The average Bonchev–Trinajstić information content (AvgIpc) is 2.92. The summed E-state index contributed by atoms with van der Waals surface area (Å²) >= 11 is 0. The van der Waals surface area contributed by atoms with E-state index in [0.29, 0.717) is 30.3 Å². The standard InChI is InChI=1S/C17H18FNO5/c1-11-15(17(21)22)9-14(24-11)10-19-16(20)3-2-8-23-13-6-4-12(18)5-7-13/h4-7,9H,2-3,8,10H2,1H3,(H,19,20)(H,21,22). The first-order valence-electron chi connectivity index (χ1n) is 7.43. The molecule has 1 aromatic carbocycles. The van der Waals surface area contributed by atoms with E-state index in [1.807, 2.05) is 0 Å². The molecule has 1 amide bonds. The third-order valence-corrected chi connectivity index (χ3v) is 3.29. The second kappa shape index (κ2) is 8.14. The van der Waals surface area contributed by atoms with Gasteiger partial charge in [0.05, 0.1) is 13.2 Å². The van der Waals surface area contributed by atoms with Gasteiger partial charge in [0, 0.05) is 6.42 Å². The van der Waals surface area contributed by atoms with Crippen molar-refractivity contribution < 1.29 is 28.2 Å². The number of amides is 1. The summed E-state index contributed by atoms with van der Waals surface area (Å²) in [5, 5.41) is 11.6. The van der Waals surface area contributed by atoms with Crippen LogP contribution in [0, 0.1) is 12.7 Å². The third kappa shape index (κ3) is 5.12. The van der Waals surface area contributed by atoms with E-state index in [1.54, 1.807) is 6.92 Å². The Morgan fingerprint density at radius 3 is 2.62 bits per heavy atom. The molecule has 0 atom stereocenters. The van der Waals surface area contributed by atoms with Gasteiger partial charge in [-0.3, -0.25) is 4.79 Å². The van der Waals surface area contributed by atoms with Crippen molar-refractivity contribution in [1.29, 1.82) is 0 Å². The molecule has 128 valence electrons. The molecule has 0 aliphatic rings. The zero-order chi connectivity index (χ0) is 17.5. The minimum Gasteiger partial charge on any atom is -0.494 e. The highest BCUT2D eigenvalue weighted by Gasteiger charge is 2.14. The fourth-order valence-electron chi connectivity index (χ4n) is 2.07. The molecule has 1 heterocycles. The molecule has 2 aromatic rings. The number of nitrogens with one attached hydrogen (secondary N) is 1. The quantitative estimate of drug-likeness (QED) is 0.724. The zero-order valence-corrected chi connectivity index (χ0v) is 13.2. The molecule has 0 fully saturated rings. The summed E-state index contributed by atoms with van der Waals surface area (Å²) in [5.74, 6) is -0.347. The van der Waals surface area contributed by atoms with Gasteiger partial charge in [0.2, 0.25) is 5.91 Å². The van der Waals surface area contributed by atoms with Crippen LogP contribution in [-0.4, -0.2) is 23.6 Å². The Kier molecular flexibility index (Phi) is 5.95. The number of benzene rings is 1. The highest BCUT2D eigenvalue weighted by atomic mass is 19.1. The molecule has 0 aliphatic carbocycles. The Bertz CT molecular complexity index is 708. The van der Waals surface area contributed by atoms with Crippen molar-refractivity contribution in [3.05, 3.63) is 53.2 Å². The second-order valence-corrected chi connectivity index (χ2v) is 5.17. The van der Waals surface area contributed by atoms with Gasteiger partial charge in [-0.15, -0.1) is 0 Å². The molecule has 0 saturated carbocycles. The van der Waals surface area contributed by atoms with Crippen LogP contribution in [0.3, 0.4) is 0 Å². The minimum atomic E-state index is -1.06. The van der Waals surface area contributed by atoms with E-state index in [4.69, 9.17) is 14.3 Å². The largest absolute Gasteiger partial charge is 0.494 e. The molecular formula is C17H18FNO5. The van der Waals surface area contributed by atoms with Crippen molar-refractivity contribution in [2.45, 2.75) is 26.3 Å². The lowest BCUT2D eigenvalue weighted by atomic mass is 10.2. The van der Waals surface area contributed by atoms with Crippen molar-refractivity contribution in [2.24, 2.45) is 0 Å². The number of hydrogen-bond acceptors (Lipinski definition) is 4. The summed E-state index contributed by atoms with van der Waals surface area (Å²) in [4.78, 5) is 22.6. The van der Waals surface area contributed by atoms with E-state index in [2.05, 4.69) is 5.32 Å². The second-order valence-electron chi connectivity index (χ2n) is 5.17. The summed E-state index contributed by atoms with van der Waals surface area (Å²) < 4.78 is 23.4. The average molecular weight is 335 g/mol. The van der Waals surface area contributed by atoms with Gasteiger partial charge >= 0.3 is 5.97 Å². The molecule has 0 unspecified atom stereocenters. The number of ether oxygens (including phenoxy) is 1. The van der Waals surface area contributed by atoms with Crippen LogP contribution in [-0.2, 0) is 11.3 Å². The van der Waals surface area contributed by atoms with Gasteiger partial charge in [-0.25, -0.2) is 9.18 Å². The van der Waals surface area contributed by atoms with Crippen LogP contribution in [0.1, 0.15) is 34.7 Å². The molecule has 6 nitrogen and oxygen atoms in total. The molecule has 2 N–H and O–H groups in total. The lowest BCUT2D eigenvalue weighted by Crippen LogP contribution is -2.22. The van der Waals surface area contributed by atoms with Gasteiger partial charge in [0.25, 0.3) is 0 Å². The maximum absolute atomic E-state index is 12.7. The van der Waals surface area contributed by atoms with Crippen molar-refractivity contribution >= 4 is 11.9 Å². The number of hydrogen-bond donors (Lipinski definition) is 2. The fraction of sp³-hybridized carbons (Fsp3) is 0.294. The summed E-state index contributed by atoms with van der Waals surface area (Å²) in [6.45, 7) is 2.02. The van der Waals surface area contributed by atoms with E-state index in [9.17, 15) is 14.0 Å². The molecule has 0 saturated heterocycles. The molecule has 0 bridgehead atoms. The van der Waals surface area contributed by atoms with Crippen LogP contribution in [0.5, 0.6) is 5.75 Å². The number of carbonyl (C=O) groups excluding carboxylic acids is 1. The minimum absolute atomic E-state index is 0.0898. The van der Waals surface area contributed by atoms with Gasteiger partial charge in [-0.05, 0) is 43.7 Å². The summed E-state index contributed by atoms with van der Waals surface area (Å²) in [5.41, 5.74) is 0.0898. The molecule has 0 aliphatic heterocycles. The van der Waals surface area contributed by atoms with E-state index >= 15 is 0 Å². The summed E-state index contributed by atoms with van der Waals surface area (Å²) in [6, 6.07) is 7.05. The Hall–Kier alpha value is -2.83. The molecule has 24 heavy (non-hydrogen) atoms. The monoisotopic (exact) mass is 335 g/mol. The predicted molar refractivity (Wildman–Crippen MR) is 83.4 cm³/mol. The van der Waals surface area contributed by atoms with Gasteiger partial charge in [-0.1, -0.05) is 0 Å². The highest BCUT2D eigenvalue weighted by molar-refractivity contribution is 5.88. The SMILES string of the molecule is Cc1oc(CNC(=O)CCCOc2ccc(F)cc2)cc1C(=O)O. The first-order valence-corrected chi connectivity index (χ1v) is 7.43. The van der Waals surface area contributed by atoms with Crippen LogP contribution in [0.25, 0.3) is 0 Å². The van der Waals surface area contributed by atoms with Crippen LogP contribution >= 0.6 is 0 Å². The Morgan fingerprint density at radius 1 is 1.29 bits per heavy atom. The lowest BCUT2D eigenvalue weighted by molar-refractivity contribution is -0.121. The molecule has 2 rings (SSSR count). The molecule has 0 radical (unpaired) electrons. The van der Waals surface area contributed by atoms with E-state index in [-0.39, 0.29) is 30.3 Å². The Balaban J connectivity index is 1.67. The summed E-state index contributed by atoms with van der Waals surface area (Å²) in [6.07, 6.45) is 0.757. The maximum Gasteiger partial charge on any atom is 0.339 e. The number of rotatable bonds is 8. The number of halogens is 1. The van der Waals surface area contributed by atoms with Gasteiger partial charge in [0.15, 0.2) is 0 Å². The number of aromatic carboxylic acids is 1. The molecule has 7 heteroatoms.